The van der Waals surface area contributed by atoms with Gasteiger partial charge < -0.3 is 20.3 Å². The van der Waals surface area contributed by atoms with Crippen molar-refractivity contribution in [2.24, 2.45) is 0 Å². The number of nitrogens with zero attached hydrogens (tertiary/aromatic N) is 1. The SMILES string of the molecule is CN(C)C(CNC(=O)Nc1cccc(C(F)(F)F)c1)c1ccc2c(c1)CCO2. The van der Waals surface area contributed by atoms with Crippen LogP contribution >= 0.6 is 0 Å². The number of anilines is 1. The van der Waals surface area contributed by atoms with E-state index in [4.69, 9.17) is 4.74 Å². The first kappa shape index (κ1) is 20.0. The van der Waals surface area contributed by atoms with Crippen molar-refractivity contribution >= 4 is 11.7 Å². The molecule has 0 radical (unpaired) electrons. The van der Waals surface area contributed by atoms with Crippen molar-refractivity contribution in [3.8, 4) is 5.75 Å². The molecule has 1 heterocycles. The second-order valence-corrected chi connectivity index (χ2v) is 6.86. The molecule has 3 rings (SSSR count). The summed E-state index contributed by atoms with van der Waals surface area (Å²) in [5.74, 6) is 0.886. The highest BCUT2D eigenvalue weighted by atomic mass is 19.4. The molecule has 0 saturated carbocycles. The van der Waals surface area contributed by atoms with Crippen molar-refractivity contribution < 1.29 is 22.7 Å². The van der Waals surface area contributed by atoms with Gasteiger partial charge in [0.15, 0.2) is 0 Å². The van der Waals surface area contributed by atoms with E-state index in [2.05, 4.69) is 16.7 Å². The second-order valence-electron chi connectivity index (χ2n) is 6.86. The lowest BCUT2D eigenvalue weighted by molar-refractivity contribution is -0.137. The van der Waals surface area contributed by atoms with E-state index in [1.165, 1.54) is 12.1 Å². The smallest absolute Gasteiger partial charge is 0.416 e. The van der Waals surface area contributed by atoms with Gasteiger partial charge in [-0.2, -0.15) is 13.2 Å². The lowest BCUT2D eigenvalue weighted by Gasteiger charge is -2.25. The fraction of sp³-hybridized carbons (Fsp3) is 0.350. The van der Waals surface area contributed by atoms with Gasteiger partial charge in [-0.05, 0) is 49.5 Å². The molecule has 1 aliphatic rings. The molecule has 150 valence electrons. The van der Waals surface area contributed by atoms with Crippen LogP contribution in [-0.4, -0.2) is 38.2 Å². The van der Waals surface area contributed by atoms with Gasteiger partial charge in [-0.15, -0.1) is 0 Å². The Kier molecular flexibility index (Phi) is 5.79. The molecule has 5 nitrogen and oxygen atoms in total. The van der Waals surface area contributed by atoms with Crippen LogP contribution in [0.3, 0.4) is 0 Å². The van der Waals surface area contributed by atoms with Gasteiger partial charge in [0.1, 0.15) is 5.75 Å². The second kappa shape index (κ2) is 8.10. The molecule has 0 aliphatic carbocycles. The monoisotopic (exact) mass is 393 g/mol. The molecule has 0 spiro atoms. The van der Waals surface area contributed by atoms with E-state index in [1.54, 1.807) is 0 Å². The van der Waals surface area contributed by atoms with Gasteiger partial charge in [-0.1, -0.05) is 18.2 Å². The average molecular weight is 393 g/mol. The van der Waals surface area contributed by atoms with E-state index in [0.717, 1.165) is 35.4 Å². The molecule has 0 fully saturated rings. The zero-order valence-corrected chi connectivity index (χ0v) is 15.6. The minimum Gasteiger partial charge on any atom is -0.493 e. The molecule has 0 bridgehead atoms. The predicted molar refractivity (Wildman–Crippen MR) is 101 cm³/mol. The van der Waals surface area contributed by atoms with Crippen molar-refractivity contribution in [3.05, 3.63) is 59.2 Å². The molecule has 2 amide bonds. The molecular formula is C20H22F3N3O2. The Labute approximate surface area is 161 Å². The third kappa shape index (κ3) is 4.75. The largest absolute Gasteiger partial charge is 0.493 e. The maximum atomic E-state index is 12.8. The summed E-state index contributed by atoms with van der Waals surface area (Å²) in [5.41, 5.74) is 1.45. The van der Waals surface area contributed by atoms with Gasteiger partial charge in [0.2, 0.25) is 0 Å². The van der Waals surface area contributed by atoms with Crippen molar-refractivity contribution in [1.29, 1.82) is 0 Å². The number of rotatable bonds is 5. The number of nitrogens with one attached hydrogen (secondary N) is 2. The maximum Gasteiger partial charge on any atom is 0.416 e. The summed E-state index contributed by atoms with van der Waals surface area (Å²) in [6, 6.07) is 9.85. The van der Waals surface area contributed by atoms with Crippen molar-refractivity contribution in [2.45, 2.75) is 18.6 Å². The highest BCUT2D eigenvalue weighted by molar-refractivity contribution is 5.89. The molecule has 1 aliphatic heterocycles. The van der Waals surface area contributed by atoms with E-state index in [0.29, 0.717) is 13.2 Å². The molecule has 2 aromatic carbocycles. The van der Waals surface area contributed by atoms with Gasteiger partial charge in [-0.3, -0.25) is 0 Å². The number of carbonyl (C=O) groups is 1. The first-order chi connectivity index (χ1) is 13.2. The number of hydrogen-bond donors (Lipinski definition) is 2. The summed E-state index contributed by atoms with van der Waals surface area (Å²) >= 11 is 0. The minimum absolute atomic E-state index is 0.0850. The van der Waals surface area contributed by atoms with Crippen LogP contribution in [0.5, 0.6) is 5.75 Å². The predicted octanol–water partition coefficient (Wildman–Crippen LogP) is 4.06. The highest BCUT2D eigenvalue weighted by Crippen LogP contribution is 2.31. The molecule has 2 N–H and O–H groups in total. The summed E-state index contributed by atoms with van der Waals surface area (Å²) in [7, 11) is 3.81. The number of hydrogen-bond acceptors (Lipinski definition) is 3. The Morgan fingerprint density at radius 3 is 2.71 bits per heavy atom. The Morgan fingerprint density at radius 2 is 2.00 bits per heavy atom. The van der Waals surface area contributed by atoms with Crippen molar-refractivity contribution in [1.82, 2.24) is 10.2 Å². The zero-order chi connectivity index (χ0) is 20.3. The Morgan fingerprint density at radius 1 is 1.21 bits per heavy atom. The van der Waals surface area contributed by atoms with Crippen LogP contribution in [0.15, 0.2) is 42.5 Å². The highest BCUT2D eigenvalue weighted by Gasteiger charge is 2.30. The molecule has 28 heavy (non-hydrogen) atoms. The molecular weight excluding hydrogens is 371 g/mol. The number of carbonyl (C=O) groups excluding carboxylic acids is 1. The van der Waals surface area contributed by atoms with Crippen LogP contribution in [0.4, 0.5) is 23.7 Å². The standard InChI is InChI=1S/C20H22F3N3O2/c1-26(2)17(13-6-7-18-14(10-13)8-9-28-18)12-24-19(27)25-16-5-3-4-15(11-16)20(21,22)23/h3-7,10-11,17H,8-9,12H2,1-2H3,(H2,24,25,27). The van der Waals surface area contributed by atoms with Gasteiger partial charge in [0.05, 0.1) is 18.2 Å². The van der Waals surface area contributed by atoms with Gasteiger partial charge >= 0.3 is 12.2 Å². The Hall–Kier alpha value is -2.74. The lowest BCUT2D eigenvalue weighted by atomic mass is 10.0. The quantitative estimate of drug-likeness (QED) is 0.805. The van der Waals surface area contributed by atoms with E-state index in [9.17, 15) is 18.0 Å². The van der Waals surface area contributed by atoms with E-state index in [-0.39, 0.29) is 11.7 Å². The van der Waals surface area contributed by atoms with Crippen LogP contribution in [0.25, 0.3) is 0 Å². The fourth-order valence-electron chi connectivity index (χ4n) is 3.15. The van der Waals surface area contributed by atoms with Crippen LogP contribution in [0.1, 0.15) is 22.7 Å². The molecule has 0 saturated heterocycles. The van der Waals surface area contributed by atoms with Crippen LogP contribution in [0.2, 0.25) is 0 Å². The number of benzene rings is 2. The number of ether oxygens (including phenoxy) is 1. The molecule has 0 aromatic heterocycles. The van der Waals surface area contributed by atoms with Gasteiger partial charge in [0.25, 0.3) is 0 Å². The number of urea groups is 1. The third-order valence-corrected chi connectivity index (χ3v) is 4.63. The molecule has 2 aromatic rings. The van der Waals surface area contributed by atoms with Crippen LogP contribution in [-0.2, 0) is 12.6 Å². The first-order valence-corrected chi connectivity index (χ1v) is 8.88. The average Bonchev–Trinajstić information content (AvgIpc) is 3.09. The summed E-state index contributed by atoms with van der Waals surface area (Å²) in [4.78, 5) is 14.2. The maximum absolute atomic E-state index is 12.8. The summed E-state index contributed by atoms with van der Waals surface area (Å²) < 4.78 is 43.9. The minimum atomic E-state index is -4.46. The number of likely N-dealkylation sites (N-methyl/N-ethyl adjacent to an activating group) is 1. The van der Waals surface area contributed by atoms with Gasteiger partial charge in [0, 0.05) is 18.7 Å². The third-order valence-electron chi connectivity index (χ3n) is 4.63. The molecule has 1 atom stereocenters. The van der Waals surface area contributed by atoms with E-state index in [1.807, 2.05) is 31.1 Å². The van der Waals surface area contributed by atoms with Crippen LogP contribution < -0.4 is 15.4 Å². The lowest BCUT2D eigenvalue weighted by Crippen LogP contribution is -2.37. The van der Waals surface area contributed by atoms with E-state index >= 15 is 0 Å². The Bertz CT molecular complexity index is 853. The van der Waals surface area contributed by atoms with Gasteiger partial charge in [-0.25, -0.2) is 4.79 Å². The zero-order valence-electron chi connectivity index (χ0n) is 15.6. The number of amides is 2. The summed E-state index contributed by atoms with van der Waals surface area (Å²) in [6.45, 7) is 0.973. The van der Waals surface area contributed by atoms with Crippen molar-refractivity contribution in [2.75, 3.05) is 32.6 Å². The summed E-state index contributed by atoms with van der Waals surface area (Å²) in [6.07, 6.45) is -3.60. The summed E-state index contributed by atoms with van der Waals surface area (Å²) in [5, 5.41) is 5.19. The fourth-order valence-corrected chi connectivity index (χ4v) is 3.15. The Balaban J connectivity index is 1.63. The topological polar surface area (TPSA) is 53.6 Å². The van der Waals surface area contributed by atoms with Crippen LogP contribution in [0, 0.1) is 0 Å². The van der Waals surface area contributed by atoms with Crippen molar-refractivity contribution in [3.63, 3.8) is 0 Å². The molecule has 8 heteroatoms. The number of alkyl halides is 3. The number of fused-ring (bicyclic) bond motifs is 1. The molecule has 1 unspecified atom stereocenters. The normalized spacial score (nSPS) is 14.4. The number of halogens is 3. The van der Waals surface area contributed by atoms with E-state index < -0.39 is 17.8 Å². The first-order valence-electron chi connectivity index (χ1n) is 8.88.